The van der Waals surface area contributed by atoms with Crippen molar-refractivity contribution < 1.29 is 4.74 Å². The van der Waals surface area contributed by atoms with Gasteiger partial charge in [-0.05, 0) is 37.3 Å². The third-order valence-corrected chi connectivity index (χ3v) is 5.34. The maximum absolute atomic E-state index is 5.73. The summed E-state index contributed by atoms with van der Waals surface area (Å²) in [5.41, 5.74) is 0.329. The minimum atomic E-state index is 0.329. The second-order valence-electron chi connectivity index (χ2n) is 6.30. The summed E-state index contributed by atoms with van der Waals surface area (Å²) in [7, 11) is 0. The second kappa shape index (κ2) is 6.56. The highest BCUT2D eigenvalue weighted by Crippen LogP contribution is 2.35. The number of thiophene rings is 1. The Morgan fingerprint density at radius 3 is 3.00 bits per heavy atom. The predicted octanol–water partition coefficient (Wildman–Crippen LogP) is 2.73. The summed E-state index contributed by atoms with van der Waals surface area (Å²) in [6.07, 6.45) is 3.96. The molecule has 20 heavy (non-hydrogen) atoms. The molecule has 1 saturated heterocycles. The fourth-order valence-corrected chi connectivity index (χ4v) is 3.88. The number of ether oxygens (including phenoxy) is 1. The van der Waals surface area contributed by atoms with E-state index in [1.165, 1.54) is 30.7 Å². The fraction of sp³-hybridized carbons (Fsp3) is 0.750. The van der Waals surface area contributed by atoms with Crippen LogP contribution in [0.4, 0.5) is 0 Å². The Labute approximate surface area is 126 Å². The van der Waals surface area contributed by atoms with Gasteiger partial charge in [0.15, 0.2) is 0 Å². The Bertz CT molecular complexity index is 397. The molecular formula is C16H26N2OS. The van der Waals surface area contributed by atoms with Crippen LogP contribution in [0.5, 0.6) is 0 Å². The largest absolute Gasteiger partial charge is 0.381 e. The van der Waals surface area contributed by atoms with E-state index < -0.39 is 0 Å². The number of nitrogens with zero attached hydrogens (tertiary/aromatic N) is 1. The van der Waals surface area contributed by atoms with Crippen LogP contribution in [0.3, 0.4) is 0 Å². The molecule has 3 rings (SSSR count). The van der Waals surface area contributed by atoms with Crippen molar-refractivity contribution in [2.45, 2.75) is 38.8 Å². The summed E-state index contributed by atoms with van der Waals surface area (Å²) in [6, 6.07) is 5.25. The van der Waals surface area contributed by atoms with Crippen LogP contribution in [0.25, 0.3) is 0 Å². The first-order valence-electron chi connectivity index (χ1n) is 7.86. The van der Waals surface area contributed by atoms with E-state index in [1.807, 2.05) is 11.3 Å². The van der Waals surface area contributed by atoms with Gasteiger partial charge in [-0.15, -0.1) is 11.3 Å². The molecule has 1 aromatic rings. The third-order valence-electron chi connectivity index (χ3n) is 4.48. The molecular weight excluding hydrogens is 268 g/mol. The highest BCUT2D eigenvalue weighted by atomic mass is 32.1. The Hall–Kier alpha value is -0.420. The Morgan fingerprint density at radius 2 is 2.40 bits per heavy atom. The smallest absolute Gasteiger partial charge is 0.0547 e. The Balaban J connectivity index is 1.64. The molecule has 112 valence electrons. The van der Waals surface area contributed by atoms with E-state index in [2.05, 4.69) is 34.7 Å². The van der Waals surface area contributed by atoms with Gasteiger partial charge in [-0.25, -0.2) is 0 Å². The van der Waals surface area contributed by atoms with E-state index in [1.54, 1.807) is 0 Å². The standard InChI is InChI=1S/C16H26N2OS/c1-2-17-11-16(7-8-19-13-16)12-18(14-5-6-14)10-15-4-3-9-20-15/h3-4,9,14,17H,2,5-8,10-13H2,1H3. The monoisotopic (exact) mass is 294 g/mol. The zero-order valence-electron chi connectivity index (χ0n) is 12.4. The average molecular weight is 294 g/mol. The van der Waals surface area contributed by atoms with Crippen molar-refractivity contribution in [2.75, 3.05) is 32.8 Å². The number of nitrogens with one attached hydrogen (secondary N) is 1. The number of hydrogen-bond donors (Lipinski definition) is 1. The first-order chi connectivity index (χ1) is 9.81. The molecule has 0 amide bonds. The zero-order chi connectivity index (χ0) is 13.8. The van der Waals surface area contributed by atoms with Crippen molar-refractivity contribution in [1.29, 1.82) is 0 Å². The van der Waals surface area contributed by atoms with Crippen LogP contribution in [0.15, 0.2) is 17.5 Å². The van der Waals surface area contributed by atoms with E-state index in [0.29, 0.717) is 5.41 Å². The van der Waals surface area contributed by atoms with Crippen molar-refractivity contribution >= 4 is 11.3 Å². The van der Waals surface area contributed by atoms with E-state index in [0.717, 1.165) is 38.9 Å². The van der Waals surface area contributed by atoms with Gasteiger partial charge in [0, 0.05) is 42.6 Å². The van der Waals surface area contributed by atoms with Gasteiger partial charge in [0.1, 0.15) is 0 Å². The minimum Gasteiger partial charge on any atom is -0.381 e. The van der Waals surface area contributed by atoms with Crippen LogP contribution in [0, 0.1) is 5.41 Å². The van der Waals surface area contributed by atoms with Crippen LogP contribution in [0.1, 0.15) is 31.1 Å². The normalized spacial score (nSPS) is 26.5. The van der Waals surface area contributed by atoms with Gasteiger partial charge < -0.3 is 10.1 Å². The van der Waals surface area contributed by atoms with E-state index in [4.69, 9.17) is 4.74 Å². The molecule has 2 heterocycles. The maximum atomic E-state index is 5.73. The fourth-order valence-electron chi connectivity index (χ4n) is 3.15. The molecule has 1 atom stereocenters. The van der Waals surface area contributed by atoms with Gasteiger partial charge in [-0.3, -0.25) is 4.90 Å². The summed E-state index contributed by atoms with van der Waals surface area (Å²) < 4.78 is 5.73. The van der Waals surface area contributed by atoms with Crippen LogP contribution < -0.4 is 5.32 Å². The molecule has 2 fully saturated rings. The molecule has 2 aliphatic rings. The lowest BCUT2D eigenvalue weighted by atomic mass is 9.86. The summed E-state index contributed by atoms with van der Waals surface area (Å²) in [6.45, 7) is 8.50. The molecule has 1 aromatic heterocycles. The lowest BCUT2D eigenvalue weighted by molar-refractivity contribution is 0.101. The lowest BCUT2D eigenvalue weighted by Gasteiger charge is -2.34. The lowest BCUT2D eigenvalue weighted by Crippen LogP contribution is -2.45. The Kier molecular flexibility index (Phi) is 4.76. The molecule has 1 aliphatic carbocycles. The van der Waals surface area contributed by atoms with Crippen molar-refractivity contribution in [3.63, 3.8) is 0 Å². The molecule has 1 aliphatic heterocycles. The third kappa shape index (κ3) is 3.61. The van der Waals surface area contributed by atoms with Gasteiger partial charge >= 0.3 is 0 Å². The summed E-state index contributed by atoms with van der Waals surface area (Å²) in [5.74, 6) is 0. The van der Waals surface area contributed by atoms with Crippen LogP contribution in [-0.2, 0) is 11.3 Å². The van der Waals surface area contributed by atoms with Gasteiger partial charge in [0.05, 0.1) is 6.61 Å². The number of hydrogen-bond acceptors (Lipinski definition) is 4. The summed E-state index contributed by atoms with van der Waals surface area (Å²) >= 11 is 1.88. The van der Waals surface area contributed by atoms with Gasteiger partial charge in [-0.1, -0.05) is 13.0 Å². The quantitative estimate of drug-likeness (QED) is 0.798. The molecule has 1 unspecified atom stereocenters. The molecule has 1 saturated carbocycles. The molecule has 3 nitrogen and oxygen atoms in total. The van der Waals surface area contributed by atoms with Gasteiger partial charge in [0.2, 0.25) is 0 Å². The van der Waals surface area contributed by atoms with Crippen molar-refractivity contribution in [3.8, 4) is 0 Å². The topological polar surface area (TPSA) is 24.5 Å². The summed E-state index contributed by atoms with van der Waals surface area (Å²) in [4.78, 5) is 4.20. The molecule has 0 aromatic carbocycles. The maximum Gasteiger partial charge on any atom is 0.0547 e. The van der Waals surface area contributed by atoms with Crippen LogP contribution in [-0.4, -0.2) is 43.8 Å². The van der Waals surface area contributed by atoms with E-state index in [9.17, 15) is 0 Å². The Morgan fingerprint density at radius 1 is 1.50 bits per heavy atom. The first-order valence-corrected chi connectivity index (χ1v) is 8.74. The highest BCUT2D eigenvalue weighted by Gasteiger charge is 2.40. The molecule has 1 N–H and O–H groups in total. The highest BCUT2D eigenvalue weighted by molar-refractivity contribution is 7.09. The summed E-state index contributed by atoms with van der Waals surface area (Å²) in [5, 5.41) is 5.74. The van der Waals surface area contributed by atoms with Gasteiger partial charge in [-0.2, -0.15) is 0 Å². The SMILES string of the molecule is CCNCC1(CN(Cc2cccs2)C2CC2)CCOC1. The molecule has 0 radical (unpaired) electrons. The molecule has 4 heteroatoms. The van der Waals surface area contributed by atoms with E-state index >= 15 is 0 Å². The first kappa shape index (κ1) is 14.5. The van der Waals surface area contributed by atoms with Crippen molar-refractivity contribution in [1.82, 2.24) is 10.2 Å². The van der Waals surface area contributed by atoms with E-state index in [-0.39, 0.29) is 0 Å². The van der Waals surface area contributed by atoms with Crippen molar-refractivity contribution in [2.24, 2.45) is 5.41 Å². The molecule has 0 bridgehead atoms. The number of rotatable bonds is 8. The van der Waals surface area contributed by atoms with Gasteiger partial charge in [0.25, 0.3) is 0 Å². The second-order valence-corrected chi connectivity index (χ2v) is 7.33. The minimum absolute atomic E-state index is 0.329. The average Bonchev–Trinajstić information content (AvgIpc) is 2.99. The predicted molar refractivity (Wildman–Crippen MR) is 84.2 cm³/mol. The molecule has 0 spiro atoms. The van der Waals surface area contributed by atoms with Crippen LogP contribution in [0.2, 0.25) is 0 Å². The van der Waals surface area contributed by atoms with Crippen molar-refractivity contribution in [3.05, 3.63) is 22.4 Å². The zero-order valence-corrected chi connectivity index (χ0v) is 13.3. The van der Waals surface area contributed by atoms with Crippen LogP contribution >= 0.6 is 11.3 Å².